The number of carbonyl (C=O) groups is 2. The quantitative estimate of drug-likeness (QED) is 0.683. The summed E-state index contributed by atoms with van der Waals surface area (Å²) in [4.78, 5) is 29.8. The zero-order valence-corrected chi connectivity index (χ0v) is 16.3. The van der Waals surface area contributed by atoms with Crippen LogP contribution in [0, 0.1) is 18.6 Å². The van der Waals surface area contributed by atoms with Gasteiger partial charge in [0.2, 0.25) is 5.91 Å². The first kappa shape index (κ1) is 20.4. The Morgan fingerprint density at radius 2 is 1.86 bits per heavy atom. The Balaban J connectivity index is 2.05. The molecule has 152 valence electrons. The predicted molar refractivity (Wildman–Crippen MR) is 101 cm³/mol. The normalized spacial score (nSPS) is 12.2. The molecule has 0 saturated carbocycles. The van der Waals surface area contributed by atoms with Crippen molar-refractivity contribution in [3.8, 4) is 0 Å². The molecule has 0 aliphatic heterocycles. The molecule has 0 radical (unpaired) electrons. The van der Waals surface area contributed by atoms with Gasteiger partial charge in [-0.15, -0.1) is 0 Å². The molecular formula is C20H20F2N4O3. The van der Waals surface area contributed by atoms with E-state index in [4.69, 9.17) is 4.52 Å². The first-order chi connectivity index (χ1) is 13.7. The molecule has 0 spiro atoms. The minimum absolute atomic E-state index is 0.0114. The van der Waals surface area contributed by atoms with Crippen molar-refractivity contribution in [3.05, 3.63) is 58.4 Å². The van der Waals surface area contributed by atoms with Gasteiger partial charge in [0.1, 0.15) is 6.04 Å². The van der Waals surface area contributed by atoms with Crippen LogP contribution in [0.15, 0.2) is 28.8 Å². The third-order valence-corrected chi connectivity index (χ3v) is 4.53. The molecule has 2 heterocycles. The summed E-state index contributed by atoms with van der Waals surface area (Å²) in [7, 11) is 1.38. The van der Waals surface area contributed by atoms with Gasteiger partial charge in [0.25, 0.3) is 11.6 Å². The Morgan fingerprint density at radius 3 is 2.48 bits per heavy atom. The van der Waals surface area contributed by atoms with Crippen LogP contribution in [0.2, 0.25) is 0 Å². The highest BCUT2D eigenvalue weighted by atomic mass is 19.2. The molecule has 0 aliphatic rings. The Hall–Kier alpha value is -3.36. The fourth-order valence-electron chi connectivity index (χ4n) is 2.93. The van der Waals surface area contributed by atoms with Crippen LogP contribution in [-0.4, -0.2) is 29.0 Å². The fourth-order valence-corrected chi connectivity index (χ4v) is 2.93. The van der Waals surface area contributed by atoms with Crippen molar-refractivity contribution in [2.45, 2.75) is 32.7 Å². The van der Waals surface area contributed by atoms with Gasteiger partial charge in [0.05, 0.1) is 16.6 Å². The Kier molecular flexibility index (Phi) is 5.58. The highest BCUT2D eigenvalue weighted by Crippen LogP contribution is 2.26. The zero-order valence-electron chi connectivity index (χ0n) is 16.3. The smallest absolute Gasteiger partial charge is 0.259 e. The summed E-state index contributed by atoms with van der Waals surface area (Å²) in [6.07, 6.45) is 0. The van der Waals surface area contributed by atoms with Crippen molar-refractivity contribution in [1.29, 1.82) is 0 Å². The molecule has 3 aromatic rings. The lowest BCUT2D eigenvalue weighted by Gasteiger charge is -2.18. The number of aromatic nitrogens is 2. The highest BCUT2D eigenvalue weighted by Gasteiger charge is 2.26. The van der Waals surface area contributed by atoms with Gasteiger partial charge >= 0.3 is 0 Å². The van der Waals surface area contributed by atoms with Crippen LogP contribution in [0.3, 0.4) is 0 Å². The lowest BCUT2D eigenvalue weighted by atomic mass is 10.0. The molecule has 1 unspecified atom stereocenters. The van der Waals surface area contributed by atoms with E-state index >= 15 is 0 Å². The number of hydrogen-bond donors (Lipinski definition) is 2. The van der Waals surface area contributed by atoms with Crippen molar-refractivity contribution in [2.24, 2.45) is 0 Å². The first-order valence-corrected chi connectivity index (χ1v) is 8.97. The maximum Gasteiger partial charge on any atom is 0.259 e. The number of likely N-dealkylation sites (N-methyl/N-ethyl adjacent to an activating group) is 1. The summed E-state index contributed by atoms with van der Waals surface area (Å²) >= 11 is 0. The SMILES string of the molecule is CNC(=O)C(NC(=O)c1cc(C(C)C)nc2onc(C)c12)c1ccc(F)c(F)c1. The Labute approximate surface area is 165 Å². The highest BCUT2D eigenvalue weighted by molar-refractivity contribution is 6.07. The molecule has 2 aromatic heterocycles. The van der Waals surface area contributed by atoms with Crippen LogP contribution in [0.4, 0.5) is 8.78 Å². The van der Waals surface area contributed by atoms with Crippen molar-refractivity contribution in [1.82, 2.24) is 20.8 Å². The molecule has 0 bridgehead atoms. The molecule has 9 heteroatoms. The Morgan fingerprint density at radius 1 is 1.14 bits per heavy atom. The average Bonchev–Trinajstić information content (AvgIpc) is 3.07. The number of nitrogens with one attached hydrogen (secondary N) is 2. The van der Waals surface area contributed by atoms with Crippen molar-refractivity contribution < 1.29 is 22.9 Å². The summed E-state index contributed by atoms with van der Waals surface area (Å²) in [6, 6.07) is 3.40. The van der Waals surface area contributed by atoms with E-state index in [-0.39, 0.29) is 22.8 Å². The van der Waals surface area contributed by atoms with E-state index < -0.39 is 29.5 Å². The van der Waals surface area contributed by atoms with Gasteiger partial charge in [0.15, 0.2) is 11.6 Å². The molecule has 0 saturated heterocycles. The predicted octanol–water partition coefficient (Wildman–Crippen LogP) is 3.15. The molecule has 7 nitrogen and oxygen atoms in total. The summed E-state index contributed by atoms with van der Waals surface area (Å²) < 4.78 is 32.2. The van der Waals surface area contributed by atoms with E-state index in [2.05, 4.69) is 20.8 Å². The van der Waals surface area contributed by atoms with Crippen LogP contribution >= 0.6 is 0 Å². The average molecular weight is 402 g/mol. The minimum Gasteiger partial charge on any atom is -0.357 e. The van der Waals surface area contributed by atoms with Crippen molar-refractivity contribution in [3.63, 3.8) is 0 Å². The molecule has 0 fully saturated rings. The van der Waals surface area contributed by atoms with Crippen molar-refractivity contribution >= 4 is 22.9 Å². The lowest BCUT2D eigenvalue weighted by molar-refractivity contribution is -0.122. The standard InChI is InChI=1S/C20H20F2N4O3/c1-9(2)15-8-12(16-10(3)26-29-20(16)24-15)18(27)25-17(19(28)23-4)11-5-6-13(21)14(22)7-11/h5-9,17H,1-4H3,(H,23,28)(H,25,27). The van der Waals surface area contributed by atoms with Crippen LogP contribution in [0.5, 0.6) is 0 Å². The molecule has 29 heavy (non-hydrogen) atoms. The third-order valence-electron chi connectivity index (χ3n) is 4.53. The molecule has 3 rings (SSSR count). The minimum atomic E-state index is -1.23. The van der Waals surface area contributed by atoms with E-state index in [1.54, 1.807) is 13.0 Å². The van der Waals surface area contributed by atoms with E-state index in [9.17, 15) is 18.4 Å². The molecule has 2 N–H and O–H groups in total. The number of fused-ring (bicyclic) bond motifs is 1. The van der Waals surface area contributed by atoms with Crippen LogP contribution in [-0.2, 0) is 4.79 Å². The molecule has 2 amide bonds. The van der Waals surface area contributed by atoms with Crippen LogP contribution in [0.25, 0.3) is 11.1 Å². The van der Waals surface area contributed by atoms with Gasteiger partial charge < -0.3 is 15.2 Å². The number of rotatable bonds is 5. The number of aryl methyl sites for hydroxylation is 1. The van der Waals surface area contributed by atoms with E-state index in [1.165, 1.54) is 13.1 Å². The topological polar surface area (TPSA) is 97.1 Å². The third kappa shape index (κ3) is 3.94. The summed E-state index contributed by atoms with van der Waals surface area (Å²) in [5, 5.41) is 9.28. The van der Waals surface area contributed by atoms with Gasteiger partial charge in [-0.25, -0.2) is 13.8 Å². The van der Waals surface area contributed by atoms with E-state index in [1.807, 2.05) is 13.8 Å². The van der Waals surface area contributed by atoms with Crippen molar-refractivity contribution in [2.75, 3.05) is 7.05 Å². The first-order valence-electron chi connectivity index (χ1n) is 8.97. The second-order valence-corrected chi connectivity index (χ2v) is 6.89. The van der Waals surface area contributed by atoms with Crippen LogP contribution < -0.4 is 10.6 Å². The van der Waals surface area contributed by atoms with Gasteiger partial charge in [-0.1, -0.05) is 25.1 Å². The largest absolute Gasteiger partial charge is 0.357 e. The van der Waals surface area contributed by atoms with Crippen LogP contribution in [0.1, 0.15) is 53.1 Å². The fraction of sp³-hybridized carbons (Fsp3) is 0.300. The summed E-state index contributed by atoms with van der Waals surface area (Å²) in [5.41, 5.74) is 1.63. The lowest BCUT2D eigenvalue weighted by Crippen LogP contribution is -2.39. The summed E-state index contributed by atoms with van der Waals surface area (Å²) in [5.74, 6) is -3.33. The van der Waals surface area contributed by atoms with Gasteiger partial charge in [0, 0.05) is 12.7 Å². The number of benzene rings is 1. The van der Waals surface area contributed by atoms with E-state index in [0.717, 1.165) is 12.1 Å². The molecular weight excluding hydrogens is 382 g/mol. The monoisotopic (exact) mass is 402 g/mol. The van der Waals surface area contributed by atoms with Gasteiger partial charge in [-0.05, 0) is 36.6 Å². The van der Waals surface area contributed by atoms with Gasteiger partial charge in [-0.3, -0.25) is 9.59 Å². The second kappa shape index (κ2) is 7.94. The van der Waals surface area contributed by atoms with Gasteiger partial charge in [-0.2, -0.15) is 0 Å². The maximum absolute atomic E-state index is 13.7. The number of pyridine rings is 1. The number of amides is 2. The Bertz CT molecular complexity index is 1090. The molecule has 1 aromatic carbocycles. The number of halogens is 2. The number of hydrogen-bond acceptors (Lipinski definition) is 5. The second-order valence-electron chi connectivity index (χ2n) is 6.89. The summed E-state index contributed by atoms with van der Waals surface area (Å²) in [6.45, 7) is 5.49. The maximum atomic E-state index is 13.7. The number of carbonyl (C=O) groups excluding carboxylic acids is 2. The molecule has 0 aliphatic carbocycles. The molecule has 1 atom stereocenters. The zero-order chi connectivity index (χ0) is 21.3. The number of nitrogens with zero attached hydrogens (tertiary/aromatic N) is 2. The van der Waals surface area contributed by atoms with E-state index in [0.29, 0.717) is 16.8 Å².